The molecule has 0 aromatic heterocycles. The quantitative estimate of drug-likeness (QED) is 0.674. The maximum atomic E-state index is 7.25. The van der Waals surface area contributed by atoms with Crippen molar-refractivity contribution in [2.24, 2.45) is 0 Å². The van der Waals surface area contributed by atoms with E-state index < -0.39 is 0 Å². The van der Waals surface area contributed by atoms with Crippen LogP contribution in [0.4, 0.5) is 0 Å². The average molecular weight is 329 g/mol. The van der Waals surface area contributed by atoms with Crippen LogP contribution in [0.5, 0.6) is 0 Å². The summed E-state index contributed by atoms with van der Waals surface area (Å²) in [6.07, 6.45) is 5.58. The molecule has 2 nitrogen and oxygen atoms in total. The van der Waals surface area contributed by atoms with Gasteiger partial charge in [0.05, 0.1) is 0 Å². The molecule has 101 valence electrons. The molecular weight excluding hydrogens is 306 g/mol. The van der Waals surface area contributed by atoms with Gasteiger partial charge in [-0.3, -0.25) is 0 Å². The first-order valence-corrected chi connectivity index (χ1v) is 5.58. The van der Waals surface area contributed by atoms with Crippen molar-refractivity contribution in [3.05, 3.63) is 66.3 Å². The number of rotatable bonds is 2. The van der Waals surface area contributed by atoms with Crippen molar-refractivity contribution in [2.45, 2.75) is 41.5 Å². The number of nitroso groups, excluding NO2 is 1. The molecule has 0 N–H and O–H groups in total. The number of nitrogens with zero attached hydrogens (tertiary/aromatic N) is 1. The zero-order valence-electron chi connectivity index (χ0n) is 12.2. The van der Waals surface area contributed by atoms with Gasteiger partial charge in [-0.05, 0) is 55.8 Å². The Hall–Kier alpha value is 0.288. The van der Waals surface area contributed by atoms with Gasteiger partial charge in [-0.1, -0.05) is 41.5 Å². The van der Waals surface area contributed by atoms with Gasteiger partial charge in [0, 0.05) is 21.1 Å². The molecule has 1 saturated carbocycles. The van der Waals surface area contributed by atoms with E-state index in [2.05, 4.69) is 41.5 Å². The van der Waals surface area contributed by atoms with E-state index in [4.69, 9.17) is 10.5 Å². The molecule has 9 radical (unpaired) electrons. The summed E-state index contributed by atoms with van der Waals surface area (Å²) in [7, 11) is 0. The maximum Gasteiger partial charge on any atom is 0 e. The predicted octanol–water partition coefficient (Wildman–Crippen LogP) is 4.74. The molecule has 0 saturated heterocycles. The standard InChI is InChI=1S/C10H15.C5H8.Mo.NO/c1-6-7(2)9(4)10(5)8(6)3;1-3-5-4-2;;1-2/h1-5H3;3-5H,1H2,2H3;;/q;;;-1. The molecule has 3 heteroatoms. The first-order chi connectivity index (χ1) is 7.97. The largest absolute Gasteiger partial charge is 0.577 e. The monoisotopic (exact) mass is 331 g/mol. The number of unbranched alkanes of at least 4 members (excludes halogenated alkanes) is 2. The van der Waals surface area contributed by atoms with Crippen LogP contribution in [0, 0.1) is 60.7 Å². The minimum absolute atomic E-state index is 0. The molecule has 0 bridgehead atoms. The van der Waals surface area contributed by atoms with E-state index >= 15 is 0 Å². The Morgan fingerprint density at radius 2 is 1.06 bits per heavy atom. The van der Waals surface area contributed by atoms with Crippen LogP contribution in [-0.4, -0.2) is 0 Å². The molecule has 1 fully saturated rings. The van der Waals surface area contributed by atoms with E-state index in [0.29, 0.717) is 0 Å². The van der Waals surface area contributed by atoms with Crippen molar-refractivity contribution < 1.29 is 21.1 Å². The van der Waals surface area contributed by atoms with Gasteiger partial charge >= 0.3 is 0 Å². The fourth-order valence-corrected chi connectivity index (χ4v) is 1.54. The summed E-state index contributed by atoms with van der Waals surface area (Å²) >= 11 is 0. The first kappa shape index (κ1) is 23.4. The van der Waals surface area contributed by atoms with Gasteiger partial charge in [-0.25, -0.2) is 0 Å². The molecule has 0 unspecified atom stereocenters. The van der Waals surface area contributed by atoms with Crippen molar-refractivity contribution in [3.8, 4) is 0 Å². The summed E-state index contributed by atoms with van der Waals surface area (Å²) in [6.45, 7) is 16.4. The van der Waals surface area contributed by atoms with Gasteiger partial charge in [0.1, 0.15) is 0 Å². The molecule has 18 heavy (non-hydrogen) atoms. The summed E-state index contributed by atoms with van der Waals surface area (Å²) in [4.78, 5) is 7.25. The third kappa shape index (κ3) is 7.66. The minimum Gasteiger partial charge on any atom is -0.577 e. The summed E-state index contributed by atoms with van der Waals surface area (Å²) in [6, 6.07) is 0. The van der Waals surface area contributed by atoms with E-state index in [1.165, 1.54) is 29.6 Å². The van der Waals surface area contributed by atoms with Crippen LogP contribution in [-0.2, 0) is 21.1 Å². The van der Waals surface area contributed by atoms with Crippen molar-refractivity contribution in [2.75, 3.05) is 0 Å². The zero-order chi connectivity index (χ0) is 14.0. The fraction of sp³-hybridized carbons (Fsp3) is 0.400. The molecule has 0 aliphatic heterocycles. The van der Waals surface area contributed by atoms with Crippen LogP contribution in [0.1, 0.15) is 41.5 Å². The predicted molar refractivity (Wildman–Crippen MR) is 75.2 cm³/mol. The summed E-state index contributed by atoms with van der Waals surface area (Å²) in [5, 5.41) is 0. The Bertz CT molecular complexity index is 131. The van der Waals surface area contributed by atoms with Crippen molar-refractivity contribution >= 4 is 0 Å². The SMILES string of the molecule is C[C]1[C](C)[C](C)[C](C)[C]1C.[CH2][CH][CH][CH]C.[Mo].[N-]=O. The normalized spacial score (nSPS) is 18.4. The van der Waals surface area contributed by atoms with Crippen molar-refractivity contribution in [3.63, 3.8) is 0 Å². The molecule has 0 spiro atoms. The topological polar surface area (TPSA) is 39.4 Å². The van der Waals surface area contributed by atoms with Crippen LogP contribution in [0.2, 0.25) is 0 Å². The van der Waals surface area contributed by atoms with Gasteiger partial charge in [-0.2, -0.15) is 0 Å². The van der Waals surface area contributed by atoms with Crippen molar-refractivity contribution in [1.29, 1.82) is 0 Å². The third-order valence-electron chi connectivity index (χ3n) is 3.14. The molecule has 0 atom stereocenters. The van der Waals surface area contributed by atoms with Gasteiger partial charge in [-0.15, -0.1) is 0 Å². The van der Waals surface area contributed by atoms with Crippen LogP contribution < -0.4 is 0 Å². The third-order valence-corrected chi connectivity index (χ3v) is 3.14. The molecule has 1 aliphatic carbocycles. The van der Waals surface area contributed by atoms with Crippen LogP contribution in [0.3, 0.4) is 0 Å². The van der Waals surface area contributed by atoms with Gasteiger partial charge in [0.25, 0.3) is 0 Å². The van der Waals surface area contributed by atoms with E-state index in [-0.39, 0.29) is 21.1 Å². The second-order valence-corrected chi connectivity index (χ2v) is 3.89. The molecule has 1 rings (SSSR count). The molecule has 0 aromatic carbocycles. The van der Waals surface area contributed by atoms with Crippen molar-refractivity contribution in [1.82, 2.24) is 0 Å². The molecule has 0 heterocycles. The minimum atomic E-state index is 0. The fourth-order valence-electron chi connectivity index (χ4n) is 1.54. The summed E-state index contributed by atoms with van der Waals surface area (Å²) in [5.41, 5.74) is 5.75. The number of hydrogen-bond donors (Lipinski definition) is 0. The number of hydrogen-bond acceptors (Lipinski definition) is 1. The van der Waals surface area contributed by atoms with Gasteiger partial charge in [0.2, 0.25) is 0 Å². The van der Waals surface area contributed by atoms with E-state index in [1.54, 1.807) is 6.42 Å². The maximum absolute atomic E-state index is 7.25. The second-order valence-electron chi connectivity index (χ2n) is 3.89. The van der Waals surface area contributed by atoms with Gasteiger partial charge < -0.3 is 10.5 Å². The van der Waals surface area contributed by atoms with Crippen LogP contribution in [0.15, 0.2) is 0 Å². The Kier molecular flexibility index (Phi) is 17.8. The van der Waals surface area contributed by atoms with E-state index in [1.807, 2.05) is 19.8 Å². The summed E-state index contributed by atoms with van der Waals surface area (Å²) in [5.74, 6) is 7.34. The van der Waals surface area contributed by atoms with Gasteiger partial charge in [0.15, 0.2) is 0 Å². The van der Waals surface area contributed by atoms with E-state index in [0.717, 1.165) is 0 Å². The molecule has 0 aromatic rings. The first-order valence-electron chi connectivity index (χ1n) is 5.58. The molecular formula is C15H23MoNO-. The van der Waals surface area contributed by atoms with Crippen LogP contribution in [0.25, 0.3) is 5.59 Å². The zero-order valence-corrected chi connectivity index (χ0v) is 14.2. The molecule has 1 aliphatic rings. The Morgan fingerprint density at radius 1 is 0.833 bits per heavy atom. The summed E-state index contributed by atoms with van der Waals surface area (Å²) < 4.78 is 0. The van der Waals surface area contributed by atoms with E-state index in [9.17, 15) is 0 Å². The van der Waals surface area contributed by atoms with Crippen LogP contribution >= 0.6 is 0 Å². The molecule has 0 amide bonds. The Balaban J connectivity index is -0.000000243. The Labute approximate surface area is 129 Å². The average Bonchev–Trinajstić information content (AvgIpc) is 2.52. The second kappa shape index (κ2) is 13.7. The Morgan fingerprint density at radius 3 is 1.11 bits per heavy atom. The smallest absolute Gasteiger partial charge is 0 e.